The molecule has 0 bridgehead atoms. The smallest absolute Gasteiger partial charge is 0.212 e. The maximum absolute atomic E-state index is 6.05. The minimum absolute atomic E-state index is 0.569. The number of thioether (sulfide) groups is 1. The molecule has 144 valence electrons. The Morgan fingerprint density at radius 3 is 2.32 bits per heavy atom. The first-order valence-corrected chi connectivity index (χ1v) is 9.45. The van der Waals surface area contributed by atoms with Crippen molar-refractivity contribution in [2.75, 3.05) is 32.8 Å². The van der Waals surface area contributed by atoms with E-state index in [1.807, 2.05) is 30.3 Å². The van der Waals surface area contributed by atoms with E-state index in [0.717, 1.165) is 22.0 Å². The summed E-state index contributed by atoms with van der Waals surface area (Å²) >= 11 is 1.57. The molecule has 2 N–H and O–H groups in total. The molecule has 0 spiro atoms. The monoisotopic (exact) mass is 397 g/mol. The topological polar surface area (TPSA) is 96.8 Å². The Labute approximate surface area is 166 Å². The number of nitrogens with zero attached hydrogens (tertiary/aromatic N) is 4. The van der Waals surface area contributed by atoms with Crippen LogP contribution in [0.3, 0.4) is 0 Å². The molecule has 1 aromatic heterocycles. The van der Waals surface area contributed by atoms with E-state index in [9.17, 15) is 0 Å². The van der Waals surface area contributed by atoms with Gasteiger partial charge in [-0.05, 0) is 30.3 Å². The van der Waals surface area contributed by atoms with Crippen molar-refractivity contribution in [3.63, 3.8) is 0 Å². The van der Waals surface area contributed by atoms with Gasteiger partial charge in [0.15, 0.2) is 5.82 Å². The molecule has 0 aliphatic carbocycles. The Balaban J connectivity index is 1.78. The maximum Gasteiger partial charge on any atom is 0.212 e. The average molecular weight is 397 g/mol. The number of anilines is 1. The summed E-state index contributed by atoms with van der Waals surface area (Å²) in [6.45, 7) is 0. The summed E-state index contributed by atoms with van der Waals surface area (Å²) in [4.78, 5) is 0. The third kappa shape index (κ3) is 3.24. The molecule has 2 aromatic carbocycles. The van der Waals surface area contributed by atoms with Crippen LogP contribution in [0.25, 0.3) is 11.4 Å². The summed E-state index contributed by atoms with van der Waals surface area (Å²) in [5, 5.41) is 14.1. The molecule has 2 heterocycles. The van der Waals surface area contributed by atoms with Crippen LogP contribution in [0, 0.1) is 0 Å². The van der Waals surface area contributed by atoms with Crippen molar-refractivity contribution in [3.8, 4) is 28.6 Å². The Morgan fingerprint density at radius 1 is 0.929 bits per heavy atom. The van der Waals surface area contributed by atoms with Gasteiger partial charge in [-0.1, -0.05) is 11.8 Å². The van der Waals surface area contributed by atoms with Crippen LogP contribution in [0.4, 0.5) is 5.69 Å². The van der Waals surface area contributed by atoms with Crippen LogP contribution in [0.5, 0.6) is 17.2 Å². The van der Waals surface area contributed by atoms with E-state index in [1.165, 1.54) is 0 Å². The highest BCUT2D eigenvalue weighted by molar-refractivity contribution is 7.99. The first-order chi connectivity index (χ1) is 13.6. The van der Waals surface area contributed by atoms with Crippen LogP contribution >= 0.6 is 11.8 Å². The van der Waals surface area contributed by atoms with Crippen molar-refractivity contribution in [2.45, 2.75) is 5.16 Å². The average Bonchev–Trinajstić information content (AvgIpc) is 3.16. The Bertz CT molecular complexity index is 1040. The number of nitrogen functional groups attached to an aromatic ring is 1. The molecule has 3 aromatic rings. The van der Waals surface area contributed by atoms with Crippen LogP contribution in [-0.2, 0) is 0 Å². The van der Waals surface area contributed by atoms with Gasteiger partial charge in [0.25, 0.3) is 0 Å². The van der Waals surface area contributed by atoms with Gasteiger partial charge in [0.05, 0.1) is 32.7 Å². The lowest BCUT2D eigenvalue weighted by Crippen LogP contribution is -2.14. The first kappa shape index (κ1) is 18.2. The molecule has 8 nitrogen and oxygen atoms in total. The number of aromatic nitrogens is 3. The van der Waals surface area contributed by atoms with Crippen LogP contribution in [-0.4, -0.2) is 47.7 Å². The molecule has 0 atom stereocenters. The SMILES string of the molecule is COc1cc(OC)cc(-c2nnc3n2N=C(c2ccc(OC)c(N)c2)CS3)c1. The molecule has 0 saturated carbocycles. The summed E-state index contributed by atoms with van der Waals surface area (Å²) in [5.41, 5.74) is 9.23. The van der Waals surface area contributed by atoms with E-state index in [4.69, 9.17) is 25.0 Å². The number of ether oxygens (including phenoxy) is 3. The summed E-state index contributed by atoms with van der Waals surface area (Å²) in [6, 6.07) is 11.2. The summed E-state index contributed by atoms with van der Waals surface area (Å²) in [5.74, 6) is 3.26. The van der Waals surface area contributed by atoms with E-state index in [1.54, 1.807) is 43.8 Å². The lowest BCUT2D eigenvalue weighted by molar-refractivity contribution is 0.394. The second kappa shape index (κ2) is 7.43. The predicted octanol–water partition coefficient (Wildman–Crippen LogP) is 2.91. The van der Waals surface area contributed by atoms with E-state index in [2.05, 4.69) is 10.2 Å². The molecule has 0 saturated heterocycles. The Morgan fingerprint density at radius 2 is 1.68 bits per heavy atom. The fraction of sp³-hybridized carbons (Fsp3) is 0.211. The van der Waals surface area contributed by atoms with Crippen LogP contribution in [0.1, 0.15) is 5.56 Å². The number of rotatable bonds is 5. The van der Waals surface area contributed by atoms with Gasteiger partial charge in [-0.3, -0.25) is 0 Å². The zero-order valence-electron chi connectivity index (χ0n) is 15.7. The highest BCUT2D eigenvalue weighted by Gasteiger charge is 2.22. The van der Waals surface area contributed by atoms with Crippen molar-refractivity contribution in [1.29, 1.82) is 0 Å². The number of hydrogen-bond donors (Lipinski definition) is 1. The molecule has 9 heteroatoms. The summed E-state index contributed by atoms with van der Waals surface area (Å²) < 4.78 is 17.7. The Kier molecular flexibility index (Phi) is 4.82. The normalized spacial score (nSPS) is 12.9. The van der Waals surface area contributed by atoms with E-state index < -0.39 is 0 Å². The molecule has 1 aliphatic rings. The highest BCUT2D eigenvalue weighted by atomic mass is 32.2. The number of nitrogens with two attached hydrogens (primary N) is 1. The molecule has 0 unspecified atom stereocenters. The van der Waals surface area contributed by atoms with Crippen molar-refractivity contribution in [2.24, 2.45) is 5.10 Å². The molecular formula is C19H19N5O3S. The van der Waals surface area contributed by atoms with Crippen LogP contribution in [0.15, 0.2) is 46.7 Å². The lowest BCUT2D eigenvalue weighted by Gasteiger charge is -2.15. The van der Waals surface area contributed by atoms with E-state index in [0.29, 0.717) is 34.5 Å². The summed E-state index contributed by atoms with van der Waals surface area (Å²) in [7, 11) is 4.81. The van der Waals surface area contributed by atoms with E-state index >= 15 is 0 Å². The Hall–Kier alpha value is -3.20. The molecule has 1 aliphatic heterocycles. The van der Waals surface area contributed by atoms with Gasteiger partial charge >= 0.3 is 0 Å². The zero-order valence-corrected chi connectivity index (χ0v) is 16.5. The van der Waals surface area contributed by atoms with Crippen molar-refractivity contribution >= 4 is 23.2 Å². The largest absolute Gasteiger partial charge is 0.497 e. The third-order valence-electron chi connectivity index (χ3n) is 4.34. The van der Waals surface area contributed by atoms with Crippen molar-refractivity contribution in [3.05, 3.63) is 42.0 Å². The first-order valence-electron chi connectivity index (χ1n) is 8.46. The fourth-order valence-corrected chi connectivity index (χ4v) is 3.74. The molecule has 0 amide bonds. The molecule has 0 radical (unpaired) electrons. The zero-order chi connectivity index (χ0) is 19.7. The molecule has 0 fully saturated rings. The highest BCUT2D eigenvalue weighted by Crippen LogP contribution is 2.33. The quantitative estimate of drug-likeness (QED) is 0.661. The van der Waals surface area contributed by atoms with Gasteiger partial charge in [0.2, 0.25) is 5.16 Å². The van der Waals surface area contributed by atoms with Gasteiger partial charge in [0, 0.05) is 22.9 Å². The van der Waals surface area contributed by atoms with Crippen molar-refractivity contribution in [1.82, 2.24) is 14.9 Å². The minimum atomic E-state index is 0.569. The predicted molar refractivity (Wildman–Crippen MR) is 109 cm³/mol. The number of hydrogen-bond acceptors (Lipinski definition) is 8. The van der Waals surface area contributed by atoms with Gasteiger partial charge in [0.1, 0.15) is 17.2 Å². The fourth-order valence-electron chi connectivity index (χ4n) is 2.90. The van der Waals surface area contributed by atoms with Gasteiger partial charge < -0.3 is 19.9 Å². The van der Waals surface area contributed by atoms with Crippen molar-refractivity contribution < 1.29 is 14.2 Å². The lowest BCUT2D eigenvalue weighted by atomic mass is 10.1. The summed E-state index contributed by atoms with van der Waals surface area (Å²) in [6.07, 6.45) is 0. The van der Waals surface area contributed by atoms with E-state index in [-0.39, 0.29) is 0 Å². The number of benzene rings is 2. The third-order valence-corrected chi connectivity index (χ3v) is 5.27. The van der Waals surface area contributed by atoms with Crippen LogP contribution < -0.4 is 19.9 Å². The number of fused-ring (bicyclic) bond motifs is 1. The minimum Gasteiger partial charge on any atom is -0.497 e. The molecule has 4 rings (SSSR count). The van der Waals surface area contributed by atoms with Gasteiger partial charge in [-0.15, -0.1) is 10.2 Å². The second-order valence-corrected chi connectivity index (χ2v) is 6.95. The van der Waals surface area contributed by atoms with Crippen LogP contribution in [0.2, 0.25) is 0 Å². The standard InChI is InChI=1S/C19H19N5O3S/c1-25-13-6-12(7-14(9-13)26-2)18-21-22-19-24(18)23-16(10-28-19)11-4-5-17(27-3)15(20)8-11/h4-9H,10,20H2,1-3H3. The molecular weight excluding hydrogens is 378 g/mol. The molecule has 28 heavy (non-hydrogen) atoms. The van der Waals surface area contributed by atoms with Gasteiger partial charge in [-0.2, -0.15) is 9.78 Å². The maximum atomic E-state index is 6.05. The van der Waals surface area contributed by atoms with Gasteiger partial charge in [-0.25, -0.2) is 0 Å². The second-order valence-electron chi connectivity index (χ2n) is 6.01. The number of methoxy groups -OCH3 is 3.